The second kappa shape index (κ2) is 13.4. The number of allylic oxidation sites excluding steroid dienone is 1. The van der Waals surface area contributed by atoms with Crippen molar-refractivity contribution >= 4 is 29.4 Å². The molecule has 0 saturated carbocycles. The molecule has 10 nitrogen and oxygen atoms in total. The van der Waals surface area contributed by atoms with Crippen LogP contribution in [0.1, 0.15) is 57.1 Å². The molecule has 1 aromatic carbocycles. The Balaban J connectivity index is 1.66. The maximum atomic E-state index is 14.7. The number of hydrogen-bond donors (Lipinski definition) is 2. The molecule has 10 heteroatoms. The van der Waals surface area contributed by atoms with Crippen LogP contribution in [0.25, 0.3) is 0 Å². The number of hydrogen-bond acceptors (Lipinski definition) is 7. The van der Waals surface area contributed by atoms with E-state index in [1.807, 2.05) is 39.0 Å². The summed E-state index contributed by atoms with van der Waals surface area (Å²) in [7, 11) is 0. The van der Waals surface area contributed by atoms with Crippen LogP contribution in [0.4, 0.5) is 5.69 Å². The van der Waals surface area contributed by atoms with Gasteiger partial charge in [0.2, 0.25) is 11.8 Å². The Kier molecular flexibility index (Phi) is 10.1. The first-order valence-corrected chi connectivity index (χ1v) is 15.2. The molecule has 2 N–H and O–H groups in total. The number of nitrogens with one attached hydrogen (secondary N) is 1. The molecule has 2 bridgehead atoms. The van der Waals surface area contributed by atoms with Crippen LogP contribution in [0.15, 0.2) is 43.5 Å². The van der Waals surface area contributed by atoms with Crippen molar-refractivity contribution in [1.29, 1.82) is 0 Å². The van der Waals surface area contributed by atoms with Crippen LogP contribution in [0.5, 0.6) is 0 Å². The average molecular weight is 596 g/mol. The summed E-state index contributed by atoms with van der Waals surface area (Å²) in [5.41, 5.74) is 1.35. The summed E-state index contributed by atoms with van der Waals surface area (Å²) in [6, 6.07) is 4.18. The molecule has 3 aliphatic heterocycles. The first kappa shape index (κ1) is 32.4. The number of rotatable bonds is 14. The smallest absolute Gasteiger partial charge is 0.312 e. The number of anilines is 1. The number of aryl methyl sites for hydroxylation is 2. The van der Waals surface area contributed by atoms with Gasteiger partial charge in [-0.3, -0.25) is 19.2 Å². The van der Waals surface area contributed by atoms with E-state index in [1.165, 1.54) is 4.90 Å². The van der Waals surface area contributed by atoms with Crippen molar-refractivity contribution in [3.05, 3.63) is 54.6 Å². The summed E-state index contributed by atoms with van der Waals surface area (Å²) in [6.07, 6.45) is 4.28. The van der Waals surface area contributed by atoms with Gasteiger partial charge in [0.25, 0.3) is 5.91 Å². The lowest BCUT2D eigenvalue weighted by Crippen LogP contribution is -2.59. The number of ether oxygens (including phenoxy) is 2. The molecule has 0 unspecified atom stereocenters. The molecule has 234 valence electrons. The maximum Gasteiger partial charge on any atom is 0.312 e. The number of fused-ring (bicyclic) bond motifs is 1. The minimum atomic E-state index is -1.23. The highest BCUT2D eigenvalue weighted by Gasteiger charge is 2.75. The fraction of sp³-hybridized carbons (Fsp3) is 0.576. The minimum Gasteiger partial charge on any atom is -0.460 e. The van der Waals surface area contributed by atoms with Gasteiger partial charge in [-0.2, -0.15) is 0 Å². The summed E-state index contributed by atoms with van der Waals surface area (Å²) in [6.45, 7) is 14.9. The third-order valence-electron chi connectivity index (χ3n) is 9.03. The number of benzene rings is 1. The van der Waals surface area contributed by atoms with E-state index in [-0.39, 0.29) is 37.4 Å². The van der Waals surface area contributed by atoms with Crippen LogP contribution in [-0.2, 0) is 28.7 Å². The normalized spacial score (nSPS) is 26.9. The van der Waals surface area contributed by atoms with Gasteiger partial charge in [0.1, 0.15) is 17.7 Å². The molecular weight excluding hydrogens is 550 g/mol. The Morgan fingerprint density at radius 3 is 2.67 bits per heavy atom. The highest BCUT2D eigenvalue weighted by atomic mass is 16.6. The van der Waals surface area contributed by atoms with E-state index in [9.17, 15) is 24.3 Å². The molecular formula is C33H45N3O7. The summed E-state index contributed by atoms with van der Waals surface area (Å²) < 4.78 is 12.3. The molecule has 0 aromatic heterocycles. The van der Waals surface area contributed by atoms with E-state index in [4.69, 9.17) is 9.47 Å². The van der Waals surface area contributed by atoms with Gasteiger partial charge in [-0.15, -0.1) is 13.2 Å². The Hall–Kier alpha value is -3.50. The predicted molar refractivity (Wildman–Crippen MR) is 162 cm³/mol. The molecule has 3 aliphatic rings. The third kappa shape index (κ3) is 5.99. The zero-order chi connectivity index (χ0) is 31.5. The molecule has 3 fully saturated rings. The molecule has 1 spiro atoms. The Bertz CT molecular complexity index is 1260. The SMILES string of the molecule is C=CCCC(=O)NC[C@H](C)OC(=O)[C@@H]1[C@H]2C(=O)N([C@@H](CC)CO)[C@H](C(=O)N(CC=C)c3cc(C)ccc3C)[C@]23CC[C@H]1O3. The first-order valence-electron chi connectivity index (χ1n) is 15.2. The van der Waals surface area contributed by atoms with Gasteiger partial charge >= 0.3 is 5.97 Å². The van der Waals surface area contributed by atoms with Crippen molar-refractivity contribution in [2.24, 2.45) is 11.8 Å². The fourth-order valence-electron chi connectivity index (χ4n) is 6.94. The highest BCUT2D eigenvalue weighted by molar-refractivity contribution is 6.05. The van der Waals surface area contributed by atoms with Gasteiger partial charge < -0.3 is 29.7 Å². The number of aliphatic hydroxyl groups is 1. The number of carbonyl (C=O) groups excluding carboxylic acids is 4. The molecule has 3 saturated heterocycles. The lowest BCUT2D eigenvalue weighted by molar-refractivity contribution is -0.159. The van der Waals surface area contributed by atoms with E-state index >= 15 is 0 Å². The number of esters is 1. The second-order valence-electron chi connectivity index (χ2n) is 12.0. The predicted octanol–water partition coefficient (Wildman–Crippen LogP) is 2.98. The standard InChI is InChI=1S/C33H45N3O7/c1-7-10-11-26(38)34-18-22(6)42-32(41)27-25-14-15-33(43-25)28(27)30(39)36(23(9-3)19-37)29(33)31(40)35(16-8-2)24-17-20(4)12-13-21(24)5/h7-8,12-13,17,22-23,25,27-29,37H,1-2,9-11,14-16,18-19H2,3-6H3,(H,34,38)/t22-,23-,25+,27-,28-,29+,33-/m0/s1. The van der Waals surface area contributed by atoms with Gasteiger partial charge in [0, 0.05) is 18.7 Å². The van der Waals surface area contributed by atoms with Crippen LogP contribution in [0.3, 0.4) is 0 Å². The highest BCUT2D eigenvalue weighted by Crippen LogP contribution is 2.59. The van der Waals surface area contributed by atoms with E-state index < -0.39 is 47.7 Å². The van der Waals surface area contributed by atoms with Crippen molar-refractivity contribution in [2.75, 3.05) is 24.6 Å². The van der Waals surface area contributed by atoms with E-state index in [2.05, 4.69) is 18.5 Å². The zero-order valence-electron chi connectivity index (χ0n) is 25.7. The van der Waals surface area contributed by atoms with Crippen LogP contribution >= 0.6 is 0 Å². The van der Waals surface area contributed by atoms with E-state index in [1.54, 1.807) is 24.0 Å². The van der Waals surface area contributed by atoms with E-state index in [0.717, 1.165) is 11.1 Å². The largest absolute Gasteiger partial charge is 0.460 e. The fourth-order valence-corrected chi connectivity index (χ4v) is 6.94. The molecule has 3 amide bonds. The number of carbonyl (C=O) groups is 4. The lowest BCUT2D eigenvalue weighted by atomic mass is 9.70. The topological polar surface area (TPSA) is 125 Å². The van der Waals surface area contributed by atoms with E-state index in [0.29, 0.717) is 37.8 Å². The summed E-state index contributed by atoms with van der Waals surface area (Å²) in [5.74, 6) is -3.29. The van der Waals surface area contributed by atoms with Crippen molar-refractivity contribution in [3.63, 3.8) is 0 Å². The molecule has 0 radical (unpaired) electrons. The zero-order valence-corrected chi connectivity index (χ0v) is 25.7. The van der Waals surface area contributed by atoms with Gasteiger partial charge in [0.05, 0.1) is 37.1 Å². The number of nitrogens with zero attached hydrogens (tertiary/aromatic N) is 2. The quantitative estimate of drug-likeness (QED) is 0.250. The van der Waals surface area contributed by atoms with Gasteiger partial charge in [-0.25, -0.2) is 0 Å². The van der Waals surface area contributed by atoms with Crippen molar-refractivity contribution < 1.29 is 33.8 Å². The van der Waals surface area contributed by atoms with Crippen LogP contribution in [-0.4, -0.2) is 83.3 Å². The summed E-state index contributed by atoms with van der Waals surface area (Å²) in [4.78, 5) is 57.7. The van der Waals surface area contributed by atoms with Crippen LogP contribution in [0.2, 0.25) is 0 Å². The molecule has 7 atom stereocenters. The number of aliphatic hydroxyl groups excluding tert-OH is 1. The van der Waals surface area contributed by atoms with Gasteiger partial charge in [0.15, 0.2) is 0 Å². The Morgan fingerprint density at radius 1 is 1.28 bits per heavy atom. The second-order valence-corrected chi connectivity index (χ2v) is 12.0. The number of likely N-dealkylation sites (tertiary alicyclic amines) is 1. The van der Waals surface area contributed by atoms with Gasteiger partial charge in [-0.1, -0.05) is 31.2 Å². The minimum absolute atomic E-state index is 0.131. The molecule has 4 rings (SSSR count). The molecule has 1 aromatic rings. The van der Waals surface area contributed by atoms with Crippen LogP contribution < -0.4 is 10.2 Å². The molecule has 3 heterocycles. The lowest BCUT2D eigenvalue weighted by Gasteiger charge is -2.39. The van der Waals surface area contributed by atoms with Gasteiger partial charge in [-0.05, 0) is 63.6 Å². The first-order chi connectivity index (χ1) is 20.5. The third-order valence-corrected chi connectivity index (χ3v) is 9.03. The van der Waals surface area contributed by atoms with Crippen molar-refractivity contribution in [3.8, 4) is 0 Å². The number of amides is 3. The monoisotopic (exact) mass is 595 g/mol. The Labute approximate surface area is 254 Å². The molecule has 43 heavy (non-hydrogen) atoms. The summed E-state index contributed by atoms with van der Waals surface area (Å²) in [5, 5.41) is 13.1. The maximum absolute atomic E-state index is 14.7. The van der Waals surface area contributed by atoms with Crippen LogP contribution in [0, 0.1) is 25.7 Å². The van der Waals surface area contributed by atoms with Crippen molar-refractivity contribution in [2.45, 2.75) is 89.7 Å². The average Bonchev–Trinajstić information content (AvgIpc) is 3.63. The Morgan fingerprint density at radius 2 is 2.02 bits per heavy atom. The summed E-state index contributed by atoms with van der Waals surface area (Å²) >= 11 is 0. The van der Waals surface area contributed by atoms with Crippen molar-refractivity contribution in [1.82, 2.24) is 10.2 Å². The molecule has 0 aliphatic carbocycles.